The highest BCUT2D eigenvalue weighted by molar-refractivity contribution is 6.31. The number of hydrogen-bond donors (Lipinski definition) is 2. The summed E-state index contributed by atoms with van der Waals surface area (Å²) in [5, 5.41) is 7.52. The molecule has 0 saturated carbocycles. The van der Waals surface area contributed by atoms with Crippen LogP contribution < -0.4 is 10.6 Å². The van der Waals surface area contributed by atoms with Gasteiger partial charge in [0.1, 0.15) is 0 Å². The normalized spacial score (nSPS) is 16.9. The highest BCUT2D eigenvalue weighted by Crippen LogP contribution is 2.16. The van der Waals surface area contributed by atoms with Crippen LogP contribution in [0, 0.1) is 0 Å². The minimum absolute atomic E-state index is 0.0460. The van der Waals surface area contributed by atoms with Crippen molar-refractivity contribution in [1.82, 2.24) is 15.5 Å². The summed E-state index contributed by atoms with van der Waals surface area (Å²) in [4.78, 5) is 7.12. The maximum atomic E-state index is 6.21. The third-order valence-electron chi connectivity index (χ3n) is 4.27. The van der Waals surface area contributed by atoms with E-state index in [9.17, 15) is 0 Å². The van der Waals surface area contributed by atoms with Crippen LogP contribution in [0.25, 0.3) is 0 Å². The number of benzene rings is 1. The minimum Gasteiger partial charge on any atom is -0.379 e. The molecule has 0 spiro atoms. The highest BCUT2D eigenvalue weighted by atomic mass is 35.5. The van der Waals surface area contributed by atoms with E-state index in [0.717, 1.165) is 55.9 Å². The lowest BCUT2D eigenvalue weighted by atomic mass is 10.0. The number of halogens is 1. The highest BCUT2D eigenvalue weighted by Gasteiger charge is 2.28. The molecule has 6 heteroatoms. The Morgan fingerprint density at radius 3 is 2.62 bits per heavy atom. The number of ether oxygens (including phenoxy) is 1. The van der Waals surface area contributed by atoms with Crippen molar-refractivity contribution >= 4 is 17.6 Å². The third-order valence-corrected chi connectivity index (χ3v) is 4.63. The van der Waals surface area contributed by atoms with E-state index in [1.165, 1.54) is 0 Å². The van der Waals surface area contributed by atoms with Gasteiger partial charge in [-0.25, -0.2) is 4.99 Å². The van der Waals surface area contributed by atoms with Crippen LogP contribution in [0.5, 0.6) is 0 Å². The van der Waals surface area contributed by atoms with E-state index < -0.39 is 0 Å². The van der Waals surface area contributed by atoms with Crippen molar-refractivity contribution in [3.8, 4) is 0 Å². The molecular weight excluding hydrogens is 324 g/mol. The zero-order valence-electron chi connectivity index (χ0n) is 14.9. The van der Waals surface area contributed by atoms with Crippen molar-refractivity contribution in [3.63, 3.8) is 0 Å². The van der Waals surface area contributed by atoms with Gasteiger partial charge in [-0.05, 0) is 32.4 Å². The molecule has 1 heterocycles. The molecule has 0 amide bonds. The van der Waals surface area contributed by atoms with Crippen LogP contribution in [-0.2, 0) is 11.3 Å². The molecule has 0 bridgehead atoms. The standard InChI is InChI=1S/C18H29ClN4O/c1-4-20-17(21-13-15-7-5-6-8-16(15)19)22-14-18(2,3)23-9-11-24-12-10-23/h5-8H,4,9-14H2,1-3H3,(H2,20,21,22). The maximum Gasteiger partial charge on any atom is 0.191 e. The lowest BCUT2D eigenvalue weighted by Gasteiger charge is -2.41. The number of aliphatic imine (C=N–C) groups is 1. The van der Waals surface area contributed by atoms with Crippen molar-refractivity contribution in [3.05, 3.63) is 34.9 Å². The van der Waals surface area contributed by atoms with E-state index in [2.05, 4.69) is 41.3 Å². The molecule has 0 aromatic heterocycles. The summed E-state index contributed by atoms with van der Waals surface area (Å²) >= 11 is 6.21. The lowest BCUT2D eigenvalue weighted by molar-refractivity contribution is -0.00834. The van der Waals surface area contributed by atoms with E-state index in [0.29, 0.717) is 6.54 Å². The Morgan fingerprint density at radius 1 is 1.25 bits per heavy atom. The van der Waals surface area contributed by atoms with Gasteiger partial charge in [0.25, 0.3) is 0 Å². The second-order valence-electron chi connectivity index (χ2n) is 6.55. The second kappa shape index (κ2) is 9.25. The van der Waals surface area contributed by atoms with Crippen molar-refractivity contribution in [2.75, 3.05) is 39.4 Å². The van der Waals surface area contributed by atoms with Gasteiger partial charge in [0, 0.05) is 36.7 Å². The van der Waals surface area contributed by atoms with Crippen LogP contribution in [-0.4, -0.2) is 55.8 Å². The van der Waals surface area contributed by atoms with Crippen LogP contribution >= 0.6 is 11.6 Å². The third kappa shape index (κ3) is 5.65. The molecule has 0 radical (unpaired) electrons. The van der Waals surface area contributed by atoms with Crippen LogP contribution in [0.4, 0.5) is 0 Å². The van der Waals surface area contributed by atoms with E-state index >= 15 is 0 Å². The van der Waals surface area contributed by atoms with Crippen LogP contribution in [0.2, 0.25) is 5.02 Å². The summed E-state index contributed by atoms with van der Waals surface area (Å²) in [5.74, 6) is 0.818. The molecule has 0 unspecified atom stereocenters. The molecule has 134 valence electrons. The quantitative estimate of drug-likeness (QED) is 0.610. The van der Waals surface area contributed by atoms with Crippen LogP contribution in [0.15, 0.2) is 29.3 Å². The average Bonchev–Trinajstić information content (AvgIpc) is 2.59. The SMILES string of the molecule is CCNC(=NCc1ccccc1Cl)NCC(C)(C)N1CCOCC1. The van der Waals surface area contributed by atoms with E-state index in [1.807, 2.05) is 24.3 Å². The fourth-order valence-electron chi connectivity index (χ4n) is 2.71. The fourth-order valence-corrected chi connectivity index (χ4v) is 2.91. The number of nitrogens with zero attached hydrogens (tertiary/aromatic N) is 2. The van der Waals surface area contributed by atoms with Gasteiger partial charge in [-0.3, -0.25) is 4.90 Å². The average molecular weight is 353 g/mol. The molecule has 0 aliphatic carbocycles. The number of hydrogen-bond acceptors (Lipinski definition) is 3. The number of morpholine rings is 1. The number of guanidine groups is 1. The van der Waals surface area contributed by atoms with E-state index in [4.69, 9.17) is 16.3 Å². The molecule has 5 nitrogen and oxygen atoms in total. The van der Waals surface area contributed by atoms with Gasteiger partial charge >= 0.3 is 0 Å². The van der Waals surface area contributed by atoms with Crippen molar-refractivity contribution < 1.29 is 4.74 Å². The first-order chi connectivity index (χ1) is 11.5. The summed E-state index contributed by atoms with van der Waals surface area (Å²) in [6.07, 6.45) is 0. The first-order valence-corrected chi connectivity index (χ1v) is 8.99. The largest absolute Gasteiger partial charge is 0.379 e. The topological polar surface area (TPSA) is 48.9 Å². The van der Waals surface area contributed by atoms with Crippen molar-refractivity contribution in [1.29, 1.82) is 0 Å². The van der Waals surface area contributed by atoms with Crippen molar-refractivity contribution in [2.45, 2.75) is 32.9 Å². The number of rotatable bonds is 6. The summed E-state index contributed by atoms with van der Waals surface area (Å²) < 4.78 is 5.45. The van der Waals surface area contributed by atoms with Crippen molar-refractivity contribution in [2.24, 2.45) is 4.99 Å². The Balaban J connectivity index is 1.94. The zero-order chi connectivity index (χ0) is 17.4. The summed E-state index contributed by atoms with van der Waals surface area (Å²) in [6.45, 7) is 12.4. The molecular formula is C18H29ClN4O. The van der Waals surface area contributed by atoms with Gasteiger partial charge in [0.15, 0.2) is 5.96 Å². The summed E-state index contributed by atoms with van der Waals surface area (Å²) in [7, 11) is 0. The Labute approximate surface area is 150 Å². The van der Waals surface area contributed by atoms with Gasteiger partial charge in [-0.15, -0.1) is 0 Å². The van der Waals surface area contributed by atoms with Gasteiger partial charge in [0.2, 0.25) is 0 Å². The maximum absolute atomic E-state index is 6.21. The predicted octanol–water partition coefficient (Wildman–Crippen LogP) is 2.51. The second-order valence-corrected chi connectivity index (χ2v) is 6.96. The Morgan fingerprint density at radius 2 is 1.96 bits per heavy atom. The Hall–Kier alpha value is -1.30. The van der Waals surface area contributed by atoms with Gasteiger partial charge in [-0.2, -0.15) is 0 Å². The lowest BCUT2D eigenvalue weighted by Crippen LogP contribution is -2.56. The molecule has 24 heavy (non-hydrogen) atoms. The molecule has 1 aliphatic rings. The monoisotopic (exact) mass is 352 g/mol. The predicted molar refractivity (Wildman–Crippen MR) is 101 cm³/mol. The van der Waals surface area contributed by atoms with E-state index in [-0.39, 0.29) is 5.54 Å². The van der Waals surface area contributed by atoms with E-state index in [1.54, 1.807) is 0 Å². The van der Waals surface area contributed by atoms with Gasteiger partial charge < -0.3 is 15.4 Å². The molecule has 1 aliphatic heterocycles. The molecule has 1 aromatic rings. The molecule has 1 saturated heterocycles. The molecule has 2 N–H and O–H groups in total. The number of nitrogens with one attached hydrogen (secondary N) is 2. The summed E-state index contributed by atoms with van der Waals surface area (Å²) in [6, 6.07) is 7.82. The molecule has 0 atom stereocenters. The fraction of sp³-hybridized carbons (Fsp3) is 0.611. The first-order valence-electron chi connectivity index (χ1n) is 8.61. The Bertz CT molecular complexity index is 542. The summed E-state index contributed by atoms with van der Waals surface area (Å²) in [5.41, 5.74) is 1.08. The molecule has 1 fully saturated rings. The first kappa shape index (κ1) is 19.0. The van der Waals surface area contributed by atoms with Gasteiger partial charge in [0.05, 0.1) is 19.8 Å². The van der Waals surface area contributed by atoms with Gasteiger partial charge in [-0.1, -0.05) is 29.8 Å². The minimum atomic E-state index is 0.0460. The van der Waals surface area contributed by atoms with Crippen LogP contribution in [0.1, 0.15) is 26.3 Å². The Kier molecular flexibility index (Phi) is 7.34. The van der Waals surface area contributed by atoms with Crippen LogP contribution in [0.3, 0.4) is 0 Å². The smallest absolute Gasteiger partial charge is 0.191 e. The zero-order valence-corrected chi connectivity index (χ0v) is 15.7. The molecule has 1 aromatic carbocycles. The molecule has 2 rings (SSSR count).